The van der Waals surface area contributed by atoms with E-state index in [0.29, 0.717) is 13.0 Å². The van der Waals surface area contributed by atoms with Crippen LogP contribution < -0.4 is 5.32 Å². The van der Waals surface area contributed by atoms with Gasteiger partial charge in [-0.1, -0.05) is 0 Å². The highest BCUT2D eigenvalue weighted by Crippen LogP contribution is 2.28. The molecule has 1 saturated carbocycles. The summed E-state index contributed by atoms with van der Waals surface area (Å²) in [7, 11) is 0. The number of nitrogens with one attached hydrogen (secondary N) is 1. The first kappa shape index (κ1) is 9.48. The first-order valence-electron chi connectivity index (χ1n) is 4.30. The van der Waals surface area contributed by atoms with Crippen molar-refractivity contribution in [3.63, 3.8) is 0 Å². The lowest BCUT2D eigenvalue weighted by Gasteiger charge is -2.07. The molecule has 1 aliphatic rings. The SMILES string of the molecule is O=C(NCCC(O)CO)C1CC1. The van der Waals surface area contributed by atoms with Gasteiger partial charge in [0.2, 0.25) is 5.91 Å². The Hall–Kier alpha value is -0.610. The molecule has 0 heterocycles. The molecule has 0 aromatic heterocycles. The van der Waals surface area contributed by atoms with Gasteiger partial charge in [-0.15, -0.1) is 0 Å². The second-order valence-electron chi connectivity index (χ2n) is 3.19. The van der Waals surface area contributed by atoms with Crippen molar-refractivity contribution in [1.82, 2.24) is 5.32 Å². The van der Waals surface area contributed by atoms with Gasteiger partial charge < -0.3 is 15.5 Å². The van der Waals surface area contributed by atoms with E-state index in [4.69, 9.17) is 10.2 Å². The number of aliphatic hydroxyl groups is 2. The maximum absolute atomic E-state index is 11.0. The predicted molar refractivity (Wildman–Crippen MR) is 43.4 cm³/mol. The molecule has 4 nitrogen and oxygen atoms in total. The first-order valence-corrected chi connectivity index (χ1v) is 4.30. The van der Waals surface area contributed by atoms with Crippen LogP contribution in [0, 0.1) is 5.92 Å². The van der Waals surface area contributed by atoms with Crippen LogP contribution in [0.5, 0.6) is 0 Å². The van der Waals surface area contributed by atoms with Crippen LogP contribution in [0.4, 0.5) is 0 Å². The fraction of sp³-hybridized carbons (Fsp3) is 0.875. The van der Waals surface area contributed by atoms with Gasteiger partial charge in [0.05, 0.1) is 12.7 Å². The molecule has 1 unspecified atom stereocenters. The van der Waals surface area contributed by atoms with Crippen LogP contribution in [-0.2, 0) is 4.79 Å². The molecule has 0 aliphatic heterocycles. The summed E-state index contributed by atoms with van der Waals surface area (Å²) in [6.07, 6.45) is 1.71. The molecule has 3 N–H and O–H groups in total. The number of rotatable bonds is 5. The number of carbonyl (C=O) groups is 1. The molecular formula is C8H15NO3. The van der Waals surface area contributed by atoms with E-state index in [9.17, 15) is 4.79 Å². The lowest BCUT2D eigenvalue weighted by Crippen LogP contribution is -2.29. The van der Waals surface area contributed by atoms with Crippen LogP contribution in [-0.4, -0.2) is 35.4 Å². The largest absolute Gasteiger partial charge is 0.394 e. The quantitative estimate of drug-likeness (QED) is 0.512. The van der Waals surface area contributed by atoms with Gasteiger partial charge in [-0.2, -0.15) is 0 Å². The van der Waals surface area contributed by atoms with Crippen LogP contribution in [0.15, 0.2) is 0 Å². The van der Waals surface area contributed by atoms with E-state index in [0.717, 1.165) is 12.8 Å². The molecule has 1 amide bonds. The lowest BCUT2D eigenvalue weighted by molar-refractivity contribution is -0.122. The highest BCUT2D eigenvalue weighted by atomic mass is 16.3. The summed E-state index contributed by atoms with van der Waals surface area (Å²) in [6.45, 7) is 0.219. The predicted octanol–water partition coefficient (Wildman–Crippen LogP) is -0.744. The third kappa shape index (κ3) is 3.19. The van der Waals surface area contributed by atoms with Crippen LogP contribution in [0.3, 0.4) is 0 Å². The molecule has 1 fully saturated rings. The van der Waals surface area contributed by atoms with Crippen molar-refractivity contribution in [2.75, 3.05) is 13.2 Å². The minimum Gasteiger partial charge on any atom is -0.394 e. The molecule has 0 spiro atoms. The number of carbonyl (C=O) groups excluding carboxylic acids is 1. The van der Waals surface area contributed by atoms with Crippen LogP contribution in [0.2, 0.25) is 0 Å². The fourth-order valence-electron chi connectivity index (χ4n) is 0.943. The summed E-state index contributed by atoms with van der Waals surface area (Å²) in [5, 5.41) is 20.1. The molecule has 1 aliphatic carbocycles. The van der Waals surface area contributed by atoms with Gasteiger partial charge in [0.1, 0.15) is 0 Å². The molecular weight excluding hydrogens is 158 g/mol. The van der Waals surface area contributed by atoms with E-state index in [-0.39, 0.29) is 18.4 Å². The van der Waals surface area contributed by atoms with Crippen molar-refractivity contribution in [2.45, 2.75) is 25.4 Å². The average molecular weight is 173 g/mol. The van der Waals surface area contributed by atoms with Gasteiger partial charge in [0.15, 0.2) is 0 Å². The second kappa shape index (κ2) is 4.42. The second-order valence-corrected chi connectivity index (χ2v) is 3.19. The monoisotopic (exact) mass is 173 g/mol. The molecule has 0 aromatic carbocycles. The van der Waals surface area contributed by atoms with Crippen LogP contribution in [0.25, 0.3) is 0 Å². The Morgan fingerprint density at radius 2 is 2.25 bits per heavy atom. The van der Waals surface area contributed by atoms with Crippen molar-refractivity contribution in [3.05, 3.63) is 0 Å². The highest BCUT2D eigenvalue weighted by Gasteiger charge is 2.29. The molecule has 0 aromatic rings. The van der Waals surface area contributed by atoms with E-state index < -0.39 is 6.10 Å². The molecule has 0 saturated heterocycles. The zero-order chi connectivity index (χ0) is 8.97. The summed E-state index contributed by atoms with van der Waals surface area (Å²) >= 11 is 0. The topological polar surface area (TPSA) is 69.6 Å². The number of hydrogen-bond acceptors (Lipinski definition) is 3. The lowest BCUT2D eigenvalue weighted by atomic mass is 10.2. The van der Waals surface area contributed by atoms with Crippen molar-refractivity contribution >= 4 is 5.91 Å². The standard InChI is InChI=1S/C8H15NO3/c10-5-7(11)3-4-9-8(12)6-1-2-6/h6-7,10-11H,1-5H2,(H,9,12). The van der Waals surface area contributed by atoms with Gasteiger partial charge in [-0.25, -0.2) is 0 Å². The third-order valence-electron chi connectivity index (χ3n) is 1.94. The molecule has 12 heavy (non-hydrogen) atoms. The Balaban J connectivity index is 1.97. The van der Waals surface area contributed by atoms with Crippen LogP contribution in [0.1, 0.15) is 19.3 Å². The number of aliphatic hydroxyl groups excluding tert-OH is 2. The number of hydrogen-bond donors (Lipinski definition) is 3. The third-order valence-corrected chi connectivity index (χ3v) is 1.94. The maximum atomic E-state index is 11.0. The molecule has 0 bridgehead atoms. The van der Waals surface area contributed by atoms with Crippen molar-refractivity contribution in [3.8, 4) is 0 Å². The van der Waals surface area contributed by atoms with Gasteiger partial charge in [-0.05, 0) is 19.3 Å². The van der Waals surface area contributed by atoms with Gasteiger partial charge in [-0.3, -0.25) is 4.79 Å². The zero-order valence-electron chi connectivity index (χ0n) is 6.99. The number of amides is 1. The summed E-state index contributed by atoms with van der Waals surface area (Å²) in [5.41, 5.74) is 0. The summed E-state index contributed by atoms with van der Waals surface area (Å²) < 4.78 is 0. The van der Waals surface area contributed by atoms with Crippen molar-refractivity contribution < 1.29 is 15.0 Å². The minimum atomic E-state index is -0.704. The molecule has 1 atom stereocenters. The van der Waals surface area contributed by atoms with Crippen LogP contribution >= 0.6 is 0 Å². The van der Waals surface area contributed by atoms with Gasteiger partial charge in [0, 0.05) is 12.5 Å². The van der Waals surface area contributed by atoms with Gasteiger partial charge in [0.25, 0.3) is 0 Å². The smallest absolute Gasteiger partial charge is 0.223 e. The fourth-order valence-corrected chi connectivity index (χ4v) is 0.943. The van der Waals surface area contributed by atoms with Crippen molar-refractivity contribution in [2.24, 2.45) is 5.92 Å². The summed E-state index contributed by atoms with van der Waals surface area (Å²) in [5.74, 6) is 0.302. The van der Waals surface area contributed by atoms with E-state index in [1.54, 1.807) is 0 Å². The zero-order valence-corrected chi connectivity index (χ0v) is 6.99. The normalized spacial score (nSPS) is 18.8. The van der Waals surface area contributed by atoms with Gasteiger partial charge >= 0.3 is 0 Å². The maximum Gasteiger partial charge on any atom is 0.223 e. The Morgan fingerprint density at radius 1 is 1.58 bits per heavy atom. The summed E-state index contributed by atoms with van der Waals surface area (Å²) in [6, 6.07) is 0. The average Bonchev–Trinajstić information content (AvgIpc) is 2.86. The Morgan fingerprint density at radius 3 is 2.75 bits per heavy atom. The first-order chi connectivity index (χ1) is 5.74. The Kier molecular flexibility index (Phi) is 3.49. The van der Waals surface area contributed by atoms with E-state index in [1.165, 1.54) is 0 Å². The van der Waals surface area contributed by atoms with E-state index in [2.05, 4.69) is 5.32 Å². The Labute approximate surface area is 71.6 Å². The molecule has 0 radical (unpaired) electrons. The minimum absolute atomic E-state index is 0.0835. The summed E-state index contributed by atoms with van der Waals surface area (Å²) in [4.78, 5) is 11.0. The molecule has 1 rings (SSSR count). The molecule has 70 valence electrons. The Bertz CT molecular complexity index is 156. The molecule has 4 heteroatoms. The van der Waals surface area contributed by atoms with Crippen molar-refractivity contribution in [1.29, 1.82) is 0 Å². The highest BCUT2D eigenvalue weighted by molar-refractivity contribution is 5.80. The van der Waals surface area contributed by atoms with E-state index >= 15 is 0 Å². The van der Waals surface area contributed by atoms with E-state index in [1.807, 2.05) is 0 Å².